The van der Waals surface area contributed by atoms with E-state index in [9.17, 15) is 0 Å². The highest BCUT2D eigenvalue weighted by atomic mass is 32.2. The molecule has 1 aliphatic rings. The summed E-state index contributed by atoms with van der Waals surface area (Å²) in [6, 6.07) is 0. The van der Waals surface area contributed by atoms with Gasteiger partial charge in [0.05, 0.1) is 6.10 Å². The lowest BCUT2D eigenvalue weighted by Gasteiger charge is -2.28. The van der Waals surface area contributed by atoms with Gasteiger partial charge in [0.2, 0.25) is 0 Å². The lowest BCUT2D eigenvalue weighted by molar-refractivity contribution is 0.0574. The summed E-state index contributed by atoms with van der Waals surface area (Å²) in [5.74, 6) is 3.38. The maximum absolute atomic E-state index is 5.45. The Morgan fingerprint density at radius 2 is 2.50 bits per heavy atom. The van der Waals surface area contributed by atoms with Gasteiger partial charge in [-0.25, -0.2) is 0 Å². The number of hydrogen-bond donors (Lipinski definition) is 1. The molecule has 2 nitrogen and oxygen atoms in total. The van der Waals surface area contributed by atoms with Crippen LogP contribution in [0.25, 0.3) is 0 Å². The number of hydrogen-bond acceptors (Lipinski definition) is 3. The molecule has 0 aliphatic carbocycles. The zero-order valence-corrected chi connectivity index (χ0v) is 8.82. The van der Waals surface area contributed by atoms with Crippen LogP contribution in [-0.4, -0.2) is 38.3 Å². The molecular formula is C9H19NOS. The molecule has 3 heteroatoms. The first-order chi connectivity index (χ1) is 5.88. The lowest BCUT2D eigenvalue weighted by Crippen LogP contribution is -2.35. The van der Waals surface area contributed by atoms with Crippen LogP contribution in [0.15, 0.2) is 0 Å². The number of nitrogens with one attached hydrogen (secondary N) is 1. The third-order valence-corrected chi connectivity index (χ3v) is 3.67. The molecule has 1 heterocycles. The quantitative estimate of drug-likeness (QED) is 0.721. The standard InChI is InChI=1S/C9H19NOS/c1-10-6-9(11-2)8-4-3-5-12-7-8/h8-10H,3-7H2,1-2H3. The van der Waals surface area contributed by atoms with Gasteiger partial charge in [-0.05, 0) is 37.3 Å². The lowest BCUT2D eigenvalue weighted by atomic mass is 9.98. The van der Waals surface area contributed by atoms with Crippen molar-refractivity contribution in [3.8, 4) is 0 Å². The maximum Gasteiger partial charge on any atom is 0.0731 e. The van der Waals surface area contributed by atoms with Crippen LogP contribution in [-0.2, 0) is 4.74 Å². The highest BCUT2D eigenvalue weighted by Crippen LogP contribution is 2.26. The molecule has 1 N–H and O–H groups in total. The molecule has 12 heavy (non-hydrogen) atoms. The van der Waals surface area contributed by atoms with Crippen molar-refractivity contribution >= 4 is 11.8 Å². The van der Waals surface area contributed by atoms with Crippen LogP contribution >= 0.6 is 11.8 Å². The van der Waals surface area contributed by atoms with Gasteiger partial charge >= 0.3 is 0 Å². The summed E-state index contributed by atoms with van der Waals surface area (Å²) in [5.41, 5.74) is 0. The van der Waals surface area contributed by atoms with Crippen LogP contribution in [0.5, 0.6) is 0 Å². The van der Waals surface area contributed by atoms with E-state index in [1.165, 1.54) is 24.3 Å². The number of likely N-dealkylation sites (N-methyl/N-ethyl adjacent to an activating group) is 1. The van der Waals surface area contributed by atoms with Crippen LogP contribution in [0.3, 0.4) is 0 Å². The van der Waals surface area contributed by atoms with Crippen molar-refractivity contribution in [3.05, 3.63) is 0 Å². The Hall–Kier alpha value is 0.270. The van der Waals surface area contributed by atoms with E-state index in [1.807, 2.05) is 14.2 Å². The highest BCUT2D eigenvalue weighted by Gasteiger charge is 2.22. The van der Waals surface area contributed by atoms with Crippen LogP contribution in [0.1, 0.15) is 12.8 Å². The summed E-state index contributed by atoms with van der Waals surface area (Å²) in [6.07, 6.45) is 3.12. The SMILES string of the molecule is CNCC(OC)C1CCCSC1. The van der Waals surface area contributed by atoms with E-state index in [0.717, 1.165) is 12.5 Å². The average molecular weight is 189 g/mol. The summed E-state index contributed by atoms with van der Waals surface area (Å²) in [4.78, 5) is 0. The van der Waals surface area contributed by atoms with Crippen molar-refractivity contribution < 1.29 is 4.74 Å². The van der Waals surface area contributed by atoms with Gasteiger partial charge in [-0.15, -0.1) is 0 Å². The molecule has 2 atom stereocenters. The molecule has 0 aromatic heterocycles. The summed E-state index contributed by atoms with van der Waals surface area (Å²) in [6.45, 7) is 0.988. The Labute approximate surface area is 79.4 Å². The summed E-state index contributed by atoms with van der Waals surface area (Å²) < 4.78 is 5.45. The normalized spacial score (nSPS) is 27.0. The third-order valence-electron chi connectivity index (χ3n) is 2.43. The molecule has 0 aromatic carbocycles. The fourth-order valence-corrected chi connectivity index (χ4v) is 2.92. The highest BCUT2D eigenvalue weighted by molar-refractivity contribution is 7.99. The zero-order chi connectivity index (χ0) is 8.81. The maximum atomic E-state index is 5.45. The molecule has 0 radical (unpaired) electrons. The number of rotatable bonds is 4. The van der Waals surface area contributed by atoms with Crippen LogP contribution in [0, 0.1) is 5.92 Å². The summed E-state index contributed by atoms with van der Waals surface area (Å²) in [5, 5.41) is 3.18. The molecule has 1 fully saturated rings. The molecule has 1 saturated heterocycles. The van der Waals surface area contributed by atoms with Gasteiger partial charge < -0.3 is 10.1 Å². The predicted molar refractivity (Wildman–Crippen MR) is 54.8 cm³/mol. The average Bonchev–Trinajstić information content (AvgIpc) is 2.15. The molecule has 0 bridgehead atoms. The van der Waals surface area contributed by atoms with E-state index in [-0.39, 0.29) is 0 Å². The van der Waals surface area contributed by atoms with Gasteiger partial charge in [-0.2, -0.15) is 11.8 Å². The van der Waals surface area contributed by atoms with Crippen molar-refractivity contribution in [3.63, 3.8) is 0 Å². The molecule has 2 unspecified atom stereocenters. The Kier molecular flexibility index (Phi) is 5.04. The Bertz CT molecular complexity index is 112. The van der Waals surface area contributed by atoms with E-state index < -0.39 is 0 Å². The van der Waals surface area contributed by atoms with Crippen LogP contribution < -0.4 is 5.32 Å². The molecule has 0 spiro atoms. The smallest absolute Gasteiger partial charge is 0.0731 e. The second kappa shape index (κ2) is 5.84. The fraction of sp³-hybridized carbons (Fsp3) is 1.00. The van der Waals surface area contributed by atoms with E-state index >= 15 is 0 Å². The Balaban J connectivity index is 2.29. The largest absolute Gasteiger partial charge is 0.380 e. The summed E-state index contributed by atoms with van der Waals surface area (Å²) in [7, 11) is 3.81. The zero-order valence-electron chi connectivity index (χ0n) is 8.01. The van der Waals surface area contributed by atoms with Crippen LogP contribution in [0.4, 0.5) is 0 Å². The summed E-state index contributed by atoms with van der Waals surface area (Å²) >= 11 is 2.06. The second-order valence-electron chi connectivity index (χ2n) is 3.31. The second-order valence-corrected chi connectivity index (χ2v) is 4.46. The minimum Gasteiger partial charge on any atom is -0.380 e. The predicted octanol–water partition coefficient (Wildman–Crippen LogP) is 1.36. The first-order valence-electron chi connectivity index (χ1n) is 4.63. The number of methoxy groups -OCH3 is 1. The molecule has 0 saturated carbocycles. The van der Waals surface area contributed by atoms with Gasteiger partial charge in [0.1, 0.15) is 0 Å². The van der Waals surface area contributed by atoms with Gasteiger partial charge in [0.25, 0.3) is 0 Å². The fourth-order valence-electron chi connectivity index (χ4n) is 1.70. The first kappa shape index (κ1) is 10.4. The van der Waals surface area contributed by atoms with Crippen molar-refractivity contribution in [2.75, 3.05) is 32.2 Å². The molecule has 0 aromatic rings. The molecule has 1 rings (SSSR count). The minimum atomic E-state index is 0.419. The van der Waals surface area contributed by atoms with Gasteiger partial charge in [-0.1, -0.05) is 0 Å². The molecular weight excluding hydrogens is 170 g/mol. The van der Waals surface area contributed by atoms with Crippen molar-refractivity contribution in [2.24, 2.45) is 5.92 Å². The van der Waals surface area contributed by atoms with Crippen molar-refractivity contribution in [2.45, 2.75) is 18.9 Å². The van der Waals surface area contributed by atoms with Gasteiger partial charge in [0, 0.05) is 13.7 Å². The monoisotopic (exact) mass is 189 g/mol. The molecule has 72 valence electrons. The van der Waals surface area contributed by atoms with Crippen molar-refractivity contribution in [1.29, 1.82) is 0 Å². The number of thioether (sulfide) groups is 1. The molecule has 1 aliphatic heterocycles. The van der Waals surface area contributed by atoms with E-state index in [0.29, 0.717) is 6.10 Å². The van der Waals surface area contributed by atoms with E-state index in [4.69, 9.17) is 4.74 Å². The van der Waals surface area contributed by atoms with E-state index in [2.05, 4.69) is 17.1 Å². The first-order valence-corrected chi connectivity index (χ1v) is 5.79. The van der Waals surface area contributed by atoms with E-state index in [1.54, 1.807) is 0 Å². The number of ether oxygens (including phenoxy) is 1. The topological polar surface area (TPSA) is 21.3 Å². The van der Waals surface area contributed by atoms with Gasteiger partial charge in [0.15, 0.2) is 0 Å². The molecule has 0 amide bonds. The Morgan fingerprint density at radius 1 is 1.67 bits per heavy atom. The third kappa shape index (κ3) is 2.96. The Morgan fingerprint density at radius 3 is 3.00 bits per heavy atom. The van der Waals surface area contributed by atoms with Crippen LogP contribution in [0.2, 0.25) is 0 Å². The minimum absolute atomic E-state index is 0.419. The van der Waals surface area contributed by atoms with Gasteiger partial charge in [-0.3, -0.25) is 0 Å². The van der Waals surface area contributed by atoms with Crippen molar-refractivity contribution in [1.82, 2.24) is 5.32 Å².